The lowest BCUT2D eigenvalue weighted by Crippen LogP contribution is -2.54. The molecule has 0 aliphatic carbocycles. The van der Waals surface area contributed by atoms with Gasteiger partial charge in [0.15, 0.2) is 0 Å². The van der Waals surface area contributed by atoms with Crippen molar-refractivity contribution in [3.8, 4) is 0 Å². The van der Waals surface area contributed by atoms with Gasteiger partial charge in [-0.15, -0.1) is 0 Å². The molecular formula is C23H45N3O5. The molecule has 8 heteroatoms. The molecule has 0 spiro atoms. The highest BCUT2D eigenvalue weighted by Gasteiger charge is 2.35. The van der Waals surface area contributed by atoms with Gasteiger partial charge < -0.3 is 19.7 Å². The first kappa shape index (κ1) is 29.3. The Balaban J connectivity index is 5.34. The predicted molar refractivity (Wildman–Crippen MR) is 123 cm³/mol. The minimum Gasteiger partial charge on any atom is -0.460 e. The van der Waals surface area contributed by atoms with Crippen molar-refractivity contribution < 1.29 is 23.9 Å². The number of carbonyl (C=O) groups is 3. The minimum absolute atomic E-state index is 0.0445. The Bertz CT molecular complexity index is 578. The van der Waals surface area contributed by atoms with Crippen LogP contribution in [0.2, 0.25) is 0 Å². The van der Waals surface area contributed by atoms with Gasteiger partial charge >= 0.3 is 5.97 Å². The maximum absolute atomic E-state index is 12.9. The molecule has 0 saturated carbocycles. The van der Waals surface area contributed by atoms with E-state index in [9.17, 15) is 14.4 Å². The van der Waals surface area contributed by atoms with Crippen LogP contribution in [0, 0.1) is 11.8 Å². The van der Waals surface area contributed by atoms with Crippen LogP contribution in [0.25, 0.3) is 0 Å². The molecule has 0 fully saturated rings. The zero-order chi connectivity index (χ0) is 24.5. The molecule has 0 aliphatic rings. The highest BCUT2D eigenvalue weighted by molar-refractivity contribution is 5.87. The van der Waals surface area contributed by atoms with Gasteiger partial charge in [-0.25, -0.2) is 0 Å². The third-order valence-corrected chi connectivity index (χ3v) is 5.41. The van der Waals surface area contributed by atoms with Gasteiger partial charge in [-0.1, -0.05) is 34.1 Å². The smallest absolute Gasteiger partial charge is 0.309 e. The summed E-state index contributed by atoms with van der Waals surface area (Å²) in [5, 5.41) is 2.76. The van der Waals surface area contributed by atoms with Gasteiger partial charge in [0.05, 0.1) is 31.2 Å². The van der Waals surface area contributed by atoms with Gasteiger partial charge in [0.25, 0.3) is 0 Å². The van der Waals surface area contributed by atoms with E-state index in [1.165, 1.54) is 7.11 Å². The summed E-state index contributed by atoms with van der Waals surface area (Å²) in [6.07, 6.45) is 0.335. The van der Waals surface area contributed by atoms with E-state index in [1.54, 1.807) is 11.9 Å². The summed E-state index contributed by atoms with van der Waals surface area (Å²) < 4.78 is 11.1. The number of rotatable bonds is 12. The normalized spacial score (nSPS) is 15.9. The lowest BCUT2D eigenvalue weighted by Gasteiger charge is -2.38. The zero-order valence-electron chi connectivity index (χ0n) is 21.4. The second-order valence-electron chi connectivity index (χ2n) is 9.82. The number of esters is 1. The van der Waals surface area contributed by atoms with Gasteiger partial charge in [0.2, 0.25) is 11.8 Å². The van der Waals surface area contributed by atoms with E-state index >= 15 is 0 Å². The van der Waals surface area contributed by atoms with Crippen molar-refractivity contribution in [1.82, 2.24) is 15.1 Å². The molecule has 8 nitrogen and oxygen atoms in total. The Hall–Kier alpha value is -1.67. The van der Waals surface area contributed by atoms with Crippen molar-refractivity contribution in [3.63, 3.8) is 0 Å². The molecule has 1 N–H and O–H groups in total. The van der Waals surface area contributed by atoms with Crippen LogP contribution < -0.4 is 5.32 Å². The van der Waals surface area contributed by atoms with Crippen molar-refractivity contribution in [3.05, 3.63) is 0 Å². The van der Waals surface area contributed by atoms with Crippen LogP contribution in [0.4, 0.5) is 0 Å². The molecule has 0 unspecified atom stereocenters. The van der Waals surface area contributed by atoms with Gasteiger partial charge in [-0.2, -0.15) is 0 Å². The van der Waals surface area contributed by atoms with Gasteiger partial charge in [-0.3, -0.25) is 19.3 Å². The summed E-state index contributed by atoms with van der Waals surface area (Å²) in [4.78, 5) is 41.3. The van der Waals surface area contributed by atoms with Crippen LogP contribution in [-0.2, 0) is 23.9 Å². The highest BCUT2D eigenvalue weighted by atomic mass is 16.6. The van der Waals surface area contributed by atoms with Crippen LogP contribution in [0.15, 0.2) is 0 Å². The number of hydrogen-bond donors (Lipinski definition) is 1. The first-order chi connectivity index (χ1) is 14.2. The van der Waals surface area contributed by atoms with E-state index in [0.29, 0.717) is 0 Å². The van der Waals surface area contributed by atoms with Crippen LogP contribution in [0.3, 0.4) is 0 Å². The average molecular weight is 444 g/mol. The van der Waals surface area contributed by atoms with Crippen molar-refractivity contribution in [2.45, 2.75) is 85.1 Å². The van der Waals surface area contributed by atoms with E-state index in [0.717, 1.165) is 6.42 Å². The third-order valence-electron chi connectivity index (χ3n) is 5.41. The molecule has 0 aromatic rings. The Morgan fingerprint density at radius 1 is 1.03 bits per heavy atom. The number of carbonyl (C=O) groups excluding carboxylic acids is 3. The van der Waals surface area contributed by atoms with E-state index in [1.807, 2.05) is 67.5 Å². The number of hydrogen-bond acceptors (Lipinski definition) is 6. The average Bonchev–Trinajstić information content (AvgIpc) is 2.62. The Morgan fingerprint density at radius 3 is 1.97 bits per heavy atom. The standard InChI is InChI=1S/C23H45N3O5/c1-12-16(4)21(17(30-11)13-19(28)31-23(5,6)7)26(10)18(27)14-24-22(29)20(15(2)3)25(8)9/h15-17,20-21H,12-14H2,1-11H3,(H,24,29)/t16-,17+,20-,21-/m0/s1. The third kappa shape index (κ3) is 9.99. The van der Waals surface area contributed by atoms with Crippen molar-refractivity contribution in [1.29, 1.82) is 0 Å². The second kappa shape index (κ2) is 13.0. The van der Waals surface area contributed by atoms with Crippen molar-refractivity contribution >= 4 is 17.8 Å². The van der Waals surface area contributed by atoms with E-state index in [2.05, 4.69) is 5.32 Å². The fourth-order valence-corrected chi connectivity index (χ4v) is 3.82. The topological polar surface area (TPSA) is 88.2 Å². The summed E-state index contributed by atoms with van der Waals surface area (Å²) in [5.41, 5.74) is -0.591. The minimum atomic E-state index is -0.591. The van der Waals surface area contributed by atoms with E-state index in [4.69, 9.17) is 9.47 Å². The Labute approximate surface area is 189 Å². The number of nitrogens with one attached hydrogen (secondary N) is 1. The van der Waals surface area contributed by atoms with E-state index in [-0.39, 0.29) is 54.7 Å². The Morgan fingerprint density at radius 2 is 1.58 bits per heavy atom. The maximum atomic E-state index is 12.9. The molecule has 31 heavy (non-hydrogen) atoms. The lowest BCUT2D eigenvalue weighted by molar-refractivity contribution is -0.160. The number of methoxy groups -OCH3 is 1. The molecule has 0 aromatic carbocycles. The molecule has 0 saturated heterocycles. The summed E-state index contributed by atoms with van der Waals surface area (Å²) in [6, 6.07) is -0.649. The molecule has 0 bridgehead atoms. The van der Waals surface area contributed by atoms with Crippen LogP contribution >= 0.6 is 0 Å². The van der Waals surface area contributed by atoms with Crippen LogP contribution in [-0.4, -0.2) is 86.2 Å². The molecule has 0 aromatic heterocycles. The SMILES string of the molecule is CC[C@H](C)[C@@H]([C@@H](CC(=O)OC(C)(C)C)OC)N(C)C(=O)CNC(=O)[C@H](C(C)C)N(C)C. The molecule has 4 atom stereocenters. The lowest BCUT2D eigenvalue weighted by atomic mass is 9.91. The molecule has 182 valence electrons. The monoisotopic (exact) mass is 443 g/mol. The fraction of sp³-hybridized carbons (Fsp3) is 0.870. The Kier molecular flexibility index (Phi) is 12.3. The predicted octanol–water partition coefficient (Wildman–Crippen LogP) is 2.31. The van der Waals surface area contributed by atoms with Gasteiger partial charge in [-0.05, 0) is 46.7 Å². The largest absolute Gasteiger partial charge is 0.460 e. The second-order valence-corrected chi connectivity index (χ2v) is 9.82. The van der Waals surface area contributed by atoms with Gasteiger partial charge in [0, 0.05) is 14.2 Å². The molecule has 0 aliphatic heterocycles. The van der Waals surface area contributed by atoms with Gasteiger partial charge in [0.1, 0.15) is 5.60 Å². The molecule has 0 radical (unpaired) electrons. The van der Waals surface area contributed by atoms with Crippen LogP contribution in [0.1, 0.15) is 61.3 Å². The zero-order valence-corrected chi connectivity index (χ0v) is 21.4. The molecule has 0 heterocycles. The summed E-state index contributed by atoms with van der Waals surface area (Å²) in [5.74, 6) is -0.581. The summed E-state index contributed by atoms with van der Waals surface area (Å²) in [6.45, 7) is 13.3. The van der Waals surface area contributed by atoms with E-state index < -0.39 is 11.7 Å². The summed E-state index contributed by atoms with van der Waals surface area (Å²) >= 11 is 0. The number of likely N-dealkylation sites (N-methyl/N-ethyl adjacent to an activating group) is 2. The van der Waals surface area contributed by atoms with Crippen LogP contribution in [0.5, 0.6) is 0 Å². The molecular weight excluding hydrogens is 398 g/mol. The maximum Gasteiger partial charge on any atom is 0.309 e. The molecule has 2 amide bonds. The van der Waals surface area contributed by atoms with Crippen molar-refractivity contribution in [2.75, 3.05) is 34.8 Å². The number of ether oxygens (including phenoxy) is 2. The highest BCUT2D eigenvalue weighted by Crippen LogP contribution is 2.23. The first-order valence-corrected chi connectivity index (χ1v) is 11.1. The summed E-state index contributed by atoms with van der Waals surface area (Å²) in [7, 11) is 6.92. The number of nitrogens with zero attached hydrogens (tertiary/aromatic N) is 2. The fourth-order valence-electron chi connectivity index (χ4n) is 3.82. The van der Waals surface area contributed by atoms with Crippen molar-refractivity contribution in [2.24, 2.45) is 11.8 Å². The quantitative estimate of drug-likeness (QED) is 0.466. The first-order valence-electron chi connectivity index (χ1n) is 11.1. The number of amides is 2. The molecule has 0 rings (SSSR count).